The lowest BCUT2D eigenvalue weighted by atomic mass is 9.74. The SMILES string of the molecule is C=C(c1cnn(C2(CN)CN(C3CCN(C(=O)C4=CC(=N)CC(C)(CN(C)C)C4)CC3)C2)c1)c1cc[nH]c1N=CC(C)CC. The van der Waals surface area contributed by atoms with E-state index in [1.165, 1.54) is 0 Å². The van der Waals surface area contributed by atoms with Gasteiger partial charge in [-0.2, -0.15) is 5.10 Å². The normalized spacial score (nSPS) is 23.7. The number of H-pyrrole nitrogens is 1. The quantitative estimate of drug-likeness (QED) is 0.332. The number of carbonyl (C=O) groups is 1. The summed E-state index contributed by atoms with van der Waals surface area (Å²) < 4.78 is 2.03. The summed E-state index contributed by atoms with van der Waals surface area (Å²) in [5.74, 6) is 1.34. The van der Waals surface area contributed by atoms with Crippen LogP contribution in [0.3, 0.4) is 0 Å². The maximum absolute atomic E-state index is 13.5. The molecule has 2 unspecified atom stereocenters. The van der Waals surface area contributed by atoms with Gasteiger partial charge in [-0.05, 0) is 75.2 Å². The Hall–Kier alpha value is -3.34. The van der Waals surface area contributed by atoms with Crippen LogP contribution in [0.5, 0.6) is 0 Å². The zero-order chi connectivity index (χ0) is 31.6. The van der Waals surface area contributed by atoms with Crippen LogP contribution in [0.25, 0.3) is 5.57 Å². The minimum atomic E-state index is -0.245. The van der Waals surface area contributed by atoms with Crippen LogP contribution in [0.2, 0.25) is 0 Å². The van der Waals surface area contributed by atoms with Crippen LogP contribution >= 0.6 is 0 Å². The number of rotatable bonds is 11. The maximum atomic E-state index is 13.5. The Kier molecular flexibility index (Phi) is 9.44. The molecule has 2 aliphatic heterocycles. The van der Waals surface area contributed by atoms with Crippen LogP contribution in [0.1, 0.15) is 64.0 Å². The Balaban J connectivity index is 1.17. The Bertz CT molecular complexity index is 1420. The molecule has 4 N–H and O–H groups in total. The third kappa shape index (κ3) is 6.67. The molecule has 238 valence electrons. The van der Waals surface area contributed by atoms with Crippen molar-refractivity contribution in [2.24, 2.45) is 22.1 Å². The van der Waals surface area contributed by atoms with E-state index >= 15 is 0 Å². The molecule has 2 aromatic heterocycles. The van der Waals surface area contributed by atoms with Crippen molar-refractivity contribution >= 4 is 29.2 Å². The summed E-state index contributed by atoms with van der Waals surface area (Å²) in [6.45, 7) is 15.4. The molecule has 2 saturated heterocycles. The fourth-order valence-corrected chi connectivity index (χ4v) is 7.19. The van der Waals surface area contributed by atoms with Crippen molar-refractivity contribution in [3.63, 3.8) is 0 Å². The largest absolute Gasteiger partial charge is 0.346 e. The van der Waals surface area contributed by atoms with E-state index in [2.05, 4.69) is 67.4 Å². The van der Waals surface area contributed by atoms with Gasteiger partial charge in [0.15, 0.2) is 0 Å². The summed E-state index contributed by atoms with van der Waals surface area (Å²) in [6, 6.07) is 2.44. The highest BCUT2D eigenvalue weighted by Gasteiger charge is 2.47. The number of aliphatic imine (C=N–C) groups is 1. The van der Waals surface area contributed by atoms with Gasteiger partial charge in [0, 0.05) is 86.3 Å². The molecule has 0 radical (unpaired) electrons. The number of aromatic amines is 1. The molecule has 0 aromatic carbocycles. The van der Waals surface area contributed by atoms with E-state index in [1.54, 1.807) is 0 Å². The summed E-state index contributed by atoms with van der Waals surface area (Å²) in [5, 5.41) is 13.1. The first-order chi connectivity index (χ1) is 21.0. The minimum Gasteiger partial charge on any atom is -0.346 e. The highest BCUT2D eigenvalue weighted by atomic mass is 16.2. The standard InChI is InChI=1S/C34H51N9O/c1-7-24(2)17-38-31-30(8-11-37-31)25(3)27-18-39-43(19-27)34(20-35)22-42(23-34)29-9-12-41(13-10-29)32(44)26-14-28(36)16-33(4,15-26)21-40(5)6/h8,11,14,17-19,24,29,36-37H,3,7,9-10,12-13,15-16,20-23,35H2,1-2,4-6H3. The van der Waals surface area contributed by atoms with Crippen LogP contribution in [-0.2, 0) is 10.3 Å². The van der Waals surface area contributed by atoms with Crippen molar-refractivity contribution in [3.8, 4) is 0 Å². The number of hydrogen-bond donors (Lipinski definition) is 3. The van der Waals surface area contributed by atoms with Gasteiger partial charge in [-0.25, -0.2) is 4.99 Å². The van der Waals surface area contributed by atoms with Gasteiger partial charge in [-0.15, -0.1) is 0 Å². The number of likely N-dealkylation sites (tertiary alicyclic amines) is 2. The molecular weight excluding hydrogens is 550 g/mol. The molecule has 0 spiro atoms. The Labute approximate surface area is 262 Å². The van der Waals surface area contributed by atoms with E-state index < -0.39 is 0 Å². The molecule has 1 amide bonds. The first-order valence-corrected chi connectivity index (χ1v) is 16.1. The highest BCUT2D eigenvalue weighted by Crippen LogP contribution is 2.38. The second kappa shape index (κ2) is 12.9. The Morgan fingerprint density at radius 3 is 2.70 bits per heavy atom. The van der Waals surface area contributed by atoms with E-state index in [1.807, 2.05) is 40.3 Å². The molecular formula is C34H51N9O. The fraction of sp³-hybridized carbons (Fsp3) is 0.588. The van der Waals surface area contributed by atoms with Crippen LogP contribution in [-0.4, -0.2) is 107 Å². The van der Waals surface area contributed by atoms with Crippen molar-refractivity contribution in [1.82, 2.24) is 29.5 Å². The number of carbonyl (C=O) groups excluding carboxylic acids is 1. The number of hydrogen-bond acceptors (Lipinski definition) is 7. The van der Waals surface area contributed by atoms with Gasteiger partial charge in [-0.3, -0.25) is 14.4 Å². The molecule has 1 aliphatic carbocycles. The van der Waals surface area contributed by atoms with E-state index in [-0.39, 0.29) is 16.9 Å². The number of amides is 1. The number of nitrogens with two attached hydrogens (primary N) is 1. The second-order valence-electron chi connectivity index (χ2n) is 14.0. The van der Waals surface area contributed by atoms with Crippen molar-refractivity contribution < 1.29 is 4.79 Å². The molecule has 5 rings (SSSR count). The lowest BCUT2D eigenvalue weighted by Crippen LogP contribution is -2.69. The van der Waals surface area contributed by atoms with Crippen molar-refractivity contribution in [3.05, 3.63) is 54.0 Å². The topological polar surface area (TPSA) is 123 Å². The summed E-state index contributed by atoms with van der Waals surface area (Å²) in [6.07, 6.45) is 14.0. The maximum Gasteiger partial charge on any atom is 0.249 e. The molecule has 0 saturated carbocycles. The average molecular weight is 602 g/mol. The highest BCUT2D eigenvalue weighted by molar-refractivity contribution is 6.04. The number of allylic oxidation sites excluding steroid dienone is 1. The van der Waals surface area contributed by atoms with Crippen molar-refractivity contribution in [1.29, 1.82) is 5.41 Å². The van der Waals surface area contributed by atoms with Crippen LogP contribution in [0.15, 0.2) is 47.9 Å². The molecule has 3 aliphatic rings. The summed E-state index contributed by atoms with van der Waals surface area (Å²) in [5.41, 5.74) is 10.2. The van der Waals surface area contributed by atoms with Gasteiger partial charge >= 0.3 is 0 Å². The van der Waals surface area contributed by atoms with Gasteiger partial charge in [-0.1, -0.05) is 27.4 Å². The molecule has 10 heteroatoms. The summed E-state index contributed by atoms with van der Waals surface area (Å²) in [4.78, 5) is 28.1. The van der Waals surface area contributed by atoms with E-state index in [9.17, 15) is 4.79 Å². The summed E-state index contributed by atoms with van der Waals surface area (Å²) >= 11 is 0. The zero-order valence-electron chi connectivity index (χ0n) is 27.3. The van der Waals surface area contributed by atoms with Crippen molar-refractivity contribution in [2.45, 2.75) is 64.5 Å². The van der Waals surface area contributed by atoms with Gasteiger partial charge < -0.3 is 25.9 Å². The molecule has 10 nitrogen and oxygen atoms in total. The zero-order valence-corrected chi connectivity index (χ0v) is 27.3. The predicted octanol–water partition coefficient (Wildman–Crippen LogP) is 4.29. The molecule has 44 heavy (non-hydrogen) atoms. The van der Waals surface area contributed by atoms with Crippen LogP contribution < -0.4 is 5.73 Å². The monoisotopic (exact) mass is 601 g/mol. The smallest absolute Gasteiger partial charge is 0.249 e. The molecule has 4 heterocycles. The Morgan fingerprint density at radius 2 is 2.05 bits per heavy atom. The lowest BCUT2D eigenvalue weighted by Gasteiger charge is -2.54. The number of nitrogens with zero attached hydrogens (tertiary/aromatic N) is 6. The lowest BCUT2D eigenvalue weighted by molar-refractivity contribution is -0.130. The molecule has 0 bridgehead atoms. The second-order valence-corrected chi connectivity index (χ2v) is 14.0. The van der Waals surface area contributed by atoms with E-state index in [0.29, 0.717) is 30.6 Å². The molecule has 2 atom stereocenters. The molecule has 2 fully saturated rings. The number of nitrogens with one attached hydrogen (secondary N) is 2. The number of piperidine rings is 1. The first kappa shape index (κ1) is 32.1. The third-order valence-electron chi connectivity index (χ3n) is 9.77. The minimum absolute atomic E-state index is 0.0776. The Morgan fingerprint density at radius 1 is 1.32 bits per heavy atom. The van der Waals surface area contributed by atoms with Gasteiger partial charge in [0.2, 0.25) is 5.91 Å². The average Bonchev–Trinajstić information content (AvgIpc) is 3.65. The van der Waals surface area contributed by atoms with Crippen molar-refractivity contribution in [2.75, 3.05) is 53.4 Å². The van der Waals surface area contributed by atoms with Gasteiger partial charge in [0.25, 0.3) is 0 Å². The van der Waals surface area contributed by atoms with Gasteiger partial charge in [0.05, 0.1) is 6.20 Å². The van der Waals surface area contributed by atoms with Crippen LogP contribution in [0, 0.1) is 16.7 Å². The predicted molar refractivity (Wildman–Crippen MR) is 179 cm³/mol. The third-order valence-corrected chi connectivity index (χ3v) is 9.77. The van der Waals surface area contributed by atoms with Crippen LogP contribution in [0.4, 0.5) is 5.82 Å². The van der Waals surface area contributed by atoms with E-state index in [4.69, 9.17) is 16.2 Å². The first-order valence-electron chi connectivity index (χ1n) is 16.1. The van der Waals surface area contributed by atoms with E-state index in [0.717, 1.165) is 86.5 Å². The summed E-state index contributed by atoms with van der Waals surface area (Å²) in [7, 11) is 4.11. The molecule has 2 aromatic rings. The fourth-order valence-electron chi connectivity index (χ4n) is 7.19. The van der Waals surface area contributed by atoms with Gasteiger partial charge in [0.1, 0.15) is 11.4 Å². The number of aromatic nitrogens is 3.